The van der Waals surface area contributed by atoms with Crippen molar-refractivity contribution in [3.63, 3.8) is 0 Å². The van der Waals surface area contributed by atoms with Crippen molar-refractivity contribution in [1.82, 2.24) is 9.78 Å². The smallest absolute Gasteiger partial charge is 0.266 e. The van der Waals surface area contributed by atoms with E-state index in [1.165, 1.54) is 16.9 Å². The van der Waals surface area contributed by atoms with E-state index in [1.54, 1.807) is 16.9 Å². The third-order valence-electron chi connectivity index (χ3n) is 4.82. The molecule has 164 valence electrons. The Bertz CT molecular complexity index is 1250. The second kappa shape index (κ2) is 9.77. The fourth-order valence-electron chi connectivity index (χ4n) is 3.12. The highest BCUT2D eigenvalue weighted by Gasteiger charge is 2.15. The molecule has 5 nitrogen and oxygen atoms in total. The average Bonchev–Trinajstić information content (AvgIpc) is 3.36. The monoisotopic (exact) mass is 485 g/mol. The minimum Gasteiger partial charge on any atom is -0.489 e. The zero-order valence-electron chi connectivity index (χ0n) is 17.6. The Morgan fingerprint density at radius 2 is 1.88 bits per heavy atom. The van der Waals surface area contributed by atoms with Gasteiger partial charge < -0.3 is 10.1 Å². The summed E-state index contributed by atoms with van der Waals surface area (Å²) in [5, 5.41) is 10.2. The van der Waals surface area contributed by atoms with Crippen molar-refractivity contribution in [3.05, 3.63) is 97.3 Å². The zero-order chi connectivity index (χ0) is 22.7. The predicted molar refractivity (Wildman–Crippen MR) is 130 cm³/mol. The molecule has 0 unspecified atom stereocenters. The molecule has 0 fully saturated rings. The van der Waals surface area contributed by atoms with Gasteiger partial charge in [-0.3, -0.25) is 9.48 Å². The number of thiophene rings is 1. The largest absolute Gasteiger partial charge is 0.489 e. The topological polar surface area (TPSA) is 56.2 Å². The number of nitrogens with one attached hydrogen (secondary N) is 1. The van der Waals surface area contributed by atoms with E-state index in [0.29, 0.717) is 33.9 Å². The number of hydrogen-bond donors (Lipinski definition) is 1. The summed E-state index contributed by atoms with van der Waals surface area (Å²) in [5.41, 5.74) is 4.17. The van der Waals surface area contributed by atoms with Crippen LogP contribution in [0.2, 0.25) is 10.0 Å². The number of rotatable bonds is 7. The van der Waals surface area contributed by atoms with E-state index in [-0.39, 0.29) is 5.91 Å². The van der Waals surface area contributed by atoms with Crippen molar-refractivity contribution < 1.29 is 9.53 Å². The van der Waals surface area contributed by atoms with Gasteiger partial charge >= 0.3 is 0 Å². The summed E-state index contributed by atoms with van der Waals surface area (Å²) in [4.78, 5) is 13.2. The van der Waals surface area contributed by atoms with Gasteiger partial charge in [0.25, 0.3) is 5.91 Å². The molecule has 0 aliphatic heterocycles. The van der Waals surface area contributed by atoms with Crippen LogP contribution in [0.3, 0.4) is 0 Å². The van der Waals surface area contributed by atoms with E-state index in [0.717, 1.165) is 22.4 Å². The van der Waals surface area contributed by atoms with Crippen LogP contribution >= 0.6 is 34.5 Å². The van der Waals surface area contributed by atoms with Gasteiger partial charge in [0.15, 0.2) is 5.82 Å². The van der Waals surface area contributed by atoms with Crippen molar-refractivity contribution in [3.8, 4) is 5.75 Å². The first-order chi connectivity index (χ1) is 15.4. The normalized spacial score (nSPS) is 10.9. The lowest BCUT2D eigenvalue weighted by molar-refractivity contribution is 0.103. The second-order valence-electron chi connectivity index (χ2n) is 7.48. The number of amides is 1. The fourth-order valence-corrected chi connectivity index (χ4v) is 4.33. The number of anilines is 1. The van der Waals surface area contributed by atoms with E-state index in [2.05, 4.69) is 22.5 Å². The number of halogens is 2. The summed E-state index contributed by atoms with van der Waals surface area (Å²) in [6.45, 7) is 4.91. The first-order valence-electron chi connectivity index (χ1n) is 9.93. The van der Waals surface area contributed by atoms with Gasteiger partial charge in [-0.15, -0.1) is 11.3 Å². The molecule has 4 aromatic rings. The number of aromatic nitrogens is 2. The molecule has 0 bridgehead atoms. The Kier molecular flexibility index (Phi) is 6.84. The number of nitrogens with zero attached hydrogens (tertiary/aromatic N) is 2. The average molecular weight is 486 g/mol. The van der Waals surface area contributed by atoms with Crippen LogP contribution in [0.1, 0.15) is 31.9 Å². The summed E-state index contributed by atoms with van der Waals surface area (Å²) in [6.07, 6.45) is 1.71. The van der Waals surface area contributed by atoms with Gasteiger partial charge in [-0.25, -0.2) is 0 Å². The van der Waals surface area contributed by atoms with Crippen molar-refractivity contribution in [2.75, 3.05) is 5.32 Å². The first-order valence-corrected chi connectivity index (χ1v) is 11.6. The third kappa shape index (κ3) is 5.51. The Balaban J connectivity index is 1.37. The number of ether oxygens (including phenoxy) is 1. The molecule has 0 aliphatic carbocycles. The molecule has 1 amide bonds. The highest BCUT2D eigenvalue weighted by molar-refractivity contribution is 7.12. The molecule has 0 aliphatic rings. The van der Waals surface area contributed by atoms with Gasteiger partial charge in [0.1, 0.15) is 17.4 Å². The van der Waals surface area contributed by atoms with Gasteiger partial charge in [0.2, 0.25) is 0 Å². The van der Waals surface area contributed by atoms with Gasteiger partial charge in [-0.2, -0.15) is 5.10 Å². The van der Waals surface area contributed by atoms with E-state index in [9.17, 15) is 4.79 Å². The van der Waals surface area contributed by atoms with Gasteiger partial charge in [-0.05, 0) is 54.6 Å². The van der Waals surface area contributed by atoms with E-state index < -0.39 is 0 Å². The number of benzene rings is 2. The lowest BCUT2D eigenvalue weighted by Gasteiger charge is -2.08. The van der Waals surface area contributed by atoms with Crippen molar-refractivity contribution in [1.29, 1.82) is 0 Å². The van der Waals surface area contributed by atoms with E-state index in [1.807, 2.05) is 49.6 Å². The number of carbonyl (C=O) groups is 1. The van der Waals surface area contributed by atoms with Crippen LogP contribution in [-0.4, -0.2) is 15.7 Å². The van der Waals surface area contributed by atoms with Gasteiger partial charge in [0.05, 0.1) is 11.4 Å². The molecular formula is C24H21Cl2N3O2S. The standard InChI is InChI=1S/C24H21Cl2N3O2S/c1-15-3-5-17(6-4-15)11-29-12-20(26)23(28-29)27-24(30)22-10-18(14-32-22)13-31-21-8-7-19(25)9-16(21)2/h3-10,12,14H,11,13H2,1-2H3,(H,27,28,30). The molecule has 0 saturated heterocycles. The SMILES string of the molecule is Cc1ccc(Cn2cc(Cl)c(NC(=O)c3cc(COc4ccc(Cl)cc4C)cs3)n2)cc1. The molecule has 2 heterocycles. The van der Waals surface area contributed by atoms with Crippen LogP contribution in [0, 0.1) is 13.8 Å². The van der Waals surface area contributed by atoms with Gasteiger partial charge in [0, 0.05) is 16.8 Å². The van der Waals surface area contributed by atoms with Crippen molar-refractivity contribution >= 4 is 46.3 Å². The van der Waals surface area contributed by atoms with Crippen LogP contribution in [0.25, 0.3) is 0 Å². The minimum absolute atomic E-state index is 0.258. The van der Waals surface area contributed by atoms with Crippen LogP contribution in [-0.2, 0) is 13.2 Å². The number of carbonyl (C=O) groups excluding carboxylic acids is 1. The molecule has 0 spiro atoms. The highest BCUT2D eigenvalue weighted by atomic mass is 35.5. The third-order valence-corrected chi connectivity index (χ3v) is 6.31. The second-order valence-corrected chi connectivity index (χ2v) is 9.24. The molecule has 32 heavy (non-hydrogen) atoms. The summed E-state index contributed by atoms with van der Waals surface area (Å²) in [5.74, 6) is 0.843. The Morgan fingerprint density at radius 1 is 1.09 bits per heavy atom. The molecule has 0 radical (unpaired) electrons. The minimum atomic E-state index is -0.258. The van der Waals surface area contributed by atoms with Gasteiger partial charge in [-0.1, -0.05) is 53.0 Å². The molecule has 2 aromatic heterocycles. The quantitative estimate of drug-likeness (QED) is 0.315. The fraction of sp³-hybridized carbons (Fsp3) is 0.167. The zero-order valence-corrected chi connectivity index (χ0v) is 19.9. The maximum atomic E-state index is 12.7. The Morgan fingerprint density at radius 3 is 2.62 bits per heavy atom. The summed E-state index contributed by atoms with van der Waals surface area (Å²) >= 11 is 13.6. The highest BCUT2D eigenvalue weighted by Crippen LogP contribution is 2.25. The molecular weight excluding hydrogens is 465 g/mol. The Labute approximate surface area is 200 Å². The molecule has 4 rings (SSSR count). The molecule has 0 saturated carbocycles. The van der Waals surface area contributed by atoms with Crippen molar-refractivity contribution in [2.45, 2.75) is 27.0 Å². The molecule has 1 N–H and O–H groups in total. The molecule has 0 atom stereocenters. The number of aryl methyl sites for hydroxylation is 2. The van der Waals surface area contributed by atoms with E-state index >= 15 is 0 Å². The lowest BCUT2D eigenvalue weighted by Crippen LogP contribution is -2.11. The summed E-state index contributed by atoms with van der Waals surface area (Å²) in [6, 6.07) is 15.5. The van der Waals surface area contributed by atoms with E-state index in [4.69, 9.17) is 27.9 Å². The van der Waals surface area contributed by atoms with Crippen LogP contribution in [0.4, 0.5) is 5.82 Å². The van der Waals surface area contributed by atoms with Crippen LogP contribution < -0.4 is 10.1 Å². The number of hydrogen-bond acceptors (Lipinski definition) is 4. The lowest BCUT2D eigenvalue weighted by atomic mass is 10.1. The molecule has 8 heteroatoms. The van der Waals surface area contributed by atoms with Crippen molar-refractivity contribution in [2.24, 2.45) is 0 Å². The first kappa shape index (κ1) is 22.4. The maximum absolute atomic E-state index is 12.7. The molecule has 2 aromatic carbocycles. The predicted octanol–water partition coefficient (Wildman–Crippen LogP) is 6.75. The van der Waals surface area contributed by atoms with Crippen LogP contribution in [0.15, 0.2) is 60.1 Å². The summed E-state index contributed by atoms with van der Waals surface area (Å²) in [7, 11) is 0. The summed E-state index contributed by atoms with van der Waals surface area (Å²) < 4.78 is 7.57. The Hall–Kier alpha value is -2.80. The van der Waals surface area contributed by atoms with Crippen LogP contribution in [0.5, 0.6) is 5.75 Å². The maximum Gasteiger partial charge on any atom is 0.266 e.